The molecule has 1 aromatic carbocycles. The van der Waals surface area contributed by atoms with Gasteiger partial charge in [-0.15, -0.1) is 0 Å². The van der Waals surface area contributed by atoms with Gasteiger partial charge in [-0.3, -0.25) is 0 Å². The number of benzene rings is 1. The van der Waals surface area contributed by atoms with E-state index in [0.29, 0.717) is 11.6 Å². The number of ether oxygens (including phenoxy) is 1. The molecule has 0 spiro atoms. The van der Waals surface area contributed by atoms with Crippen molar-refractivity contribution in [2.45, 2.75) is 32.2 Å². The molecule has 0 saturated carbocycles. The number of nitrogens with one attached hydrogen (secondary N) is 1. The lowest BCUT2D eigenvalue weighted by Gasteiger charge is -2.18. The number of nitrogens with two attached hydrogens (primary N) is 1. The molecule has 1 unspecified atom stereocenters. The minimum atomic E-state index is -0.0626. The third-order valence-corrected chi connectivity index (χ3v) is 3.39. The zero-order valence-electron chi connectivity index (χ0n) is 12.5. The molecule has 1 heterocycles. The summed E-state index contributed by atoms with van der Waals surface area (Å²) in [7, 11) is 1.61. The normalized spacial score (nSPS) is 12.3. The highest BCUT2D eigenvalue weighted by Gasteiger charge is 2.14. The number of aliphatic hydroxyl groups is 1. The first kappa shape index (κ1) is 15.3. The Hall–Kier alpha value is -2.08. The van der Waals surface area contributed by atoms with Crippen molar-refractivity contribution in [3.8, 4) is 5.75 Å². The van der Waals surface area contributed by atoms with Gasteiger partial charge in [0.1, 0.15) is 11.6 Å². The molecule has 6 nitrogen and oxygen atoms in total. The third-order valence-electron chi connectivity index (χ3n) is 3.39. The SMILES string of the molecule is CCCCC(CO)Nc1nc(N)nc2cccc(OC)c12. The van der Waals surface area contributed by atoms with Crippen LogP contribution in [0.3, 0.4) is 0 Å². The van der Waals surface area contributed by atoms with Crippen LogP contribution in [0.25, 0.3) is 10.9 Å². The number of nitrogens with zero attached hydrogens (tertiary/aromatic N) is 2. The Morgan fingerprint density at radius 1 is 1.38 bits per heavy atom. The van der Waals surface area contributed by atoms with Gasteiger partial charge >= 0.3 is 0 Å². The highest BCUT2D eigenvalue weighted by molar-refractivity contribution is 5.95. The first-order chi connectivity index (χ1) is 10.2. The van der Waals surface area contributed by atoms with Crippen molar-refractivity contribution >= 4 is 22.7 Å². The van der Waals surface area contributed by atoms with Crippen molar-refractivity contribution < 1.29 is 9.84 Å². The monoisotopic (exact) mass is 290 g/mol. The number of aromatic nitrogens is 2. The van der Waals surface area contributed by atoms with E-state index in [1.807, 2.05) is 18.2 Å². The molecule has 6 heteroatoms. The largest absolute Gasteiger partial charge is 0.496 e. The average molecular weight is 290 g/mol. The quantitative estimate of drug-likeness (QED) is 0.723. The lowest BCUT2D eigenvalue weighted by atomic mass is 10.1. The van der Waals surface area contributed by atoms with Gasteiger partial charge in [-0.25, -0.2) is 4.98 Å². The first-order valence-electron chi connectivity index (χ1n) is 7.17. The maximum atomic E-state index is 9.51. The smallest absolute Gasteiger partial charge is 0.222 e. The summed E-state index contributed by atoms with van der Waals surface area (Å²) in [5, 5.41) is 13.6. The summed E-state index contributed by atoms with van der Waals surface area (Å²) in [5.41, 5.74) is 6.49. The van der Waals surface area contributed by atoms with Crippen LogP contribution in [0.1, 0.15) is 26.2 Å². The molecule has 114 valence electrons. The number of methoxy groups -OCH3 is 1. The van der Waals surface area contributed by atoms with Gasteiger partial charge in [0.25, 0.3) is 0 Å². The molecule has 0 bridgehead atoms. The van der Waals surface area contributed by atoms with E-state index in [4.69, 9.17) is 10.5 Å². The van der Waals surface area contributed by atoms with Crippen LogP contribution in [0.4, 0.5) is 11.8 Å². The summed E-state index contributed by atoms with van der Waals surface area (Å²) < 4.78 is 5.38. The number of anilines is 2. The molecule has 2 rings (SSSR count). The van der Waals surface area contributed by atoms with Crippen molar-refractivity contribution in [1.29, 1.82) is 0 Å². The first-order valence-corrected chi connectivity index (χ1v) is 7.17. The fraction of sp³-hybridized carbons (Fsp3) is 0.467. The Balaban J connectivity index is 2.41. The van der Waals surface area contributed by atoms with Crippen LogP contribution in [0, 0.1) is 0 Å². The lowest BCUT2D eigenvalue weighted by Crippen LogP contribution is -2.24. The van der Waals surface area contributed by atoms with Crippen molar-refractivity contribution in [2.24, 2.45) is 0 Å². The number of nitrogen functional groups attached to an aromatic ring is 1. The molecule has 21 heavy (non-hydrogen) atoms. The molecule has 2 aromatic rings. The molecule has 1 aromatic heterocycles. The Morgan fingerprint density at radius 2 is 2.19 bits per heavy atom. The Morgan fingerprint density at radius 3 is 2.86 bits per heavy atom. The molecule has 0 aliphatic carbocycles. The van der Waals surface area contributed by atoms with Crippen molar-refractivity contribution in [3.63, 3.8) is 0 Å². The number of aliphatic hydroxyl groups excluding tert-OH is 1. The van der Waals surface area contributed by atoms with Crippen molar-refractivity contribution in [3.05, 3.63) is 18.2 Å². The predicted octanol–water partition coefficient (Wildman–Crippen LogP) is 2.18. The molecule has 0 aliphatic rings. The standard InChI is InChI=1S/C15H22N4O2/c1-3-4-6-10(9-20)17-14-13-11(18-15(16)19-14)7-5-8-12(13)21-2/h5,7-8,10,20H,3-4,6,9H2,1-2H3,(H3,16,17,18,19). The minimum Gasteiger partial charge on any atom is -0.496 e. The average Bonchev–Trinajstić information content (AvgIpc) is 2.50. The highest BCUT2D eigenvalue weighted by atomic mass is 16.5. The Labute approximate surface area is 124 Å². The summed E-state index contributed by atoms with van der Waals surface area (Å²) in [4.78, 5) is 8.49. The number of hydrogen-bond acceptors (Lipinski definition) is 6. The summed E-state index contributed by atoms with van der Waals surface area (Å²) in [6, 6.07) is 5.51. The van der Waals surface area contributed by atoms with Crippen LogP contribution in [-0.4, -0.2) is 34.8 Å². The molecule has 1 atom stereocenters. The Bertz CT molecular complexity index is 603. The van der Waals surface area contributed by atoms with Crippen LogP contribution in [0.15, 0.2) is 18.2 Å². The second-order valence-corrected chi connectivity index (χ2v) is 4.95. The fourth-order valence-corrected chi connectivity index (χ4v) is 2.30. The van der Waals surface area contributed by atoms with E-state index in [9.17, 15) is 5.11 Å². The number of hydrogen-bond donors (Lipinski definition) is 3. The zero-order valence-corrected chi connectivity index (χ0v) is 12.5. The molecule has 0 aliphatic heterocycles. The minimum absolute atomic E-state index is 0.0422. The van der Waals surface area contributed by atoms with Crippen LogP contribution in [0.5, 0.6) is 5.75 Å². The van der Waals surface area contributed by atoms with Gasteiger partial charge in [-0.2, -0.15) is 4.98 Å². The maximum absolute atomic E-state index is 9.51. The van der Waals surface area contributed by atoms with E-state index >= 15 is 0 Å². The summed E-state index contributed by atoms with van der Waals surface area (Å²) in [6.45, 7) is 2.16. The number of fused-ring (bicyclic) bond motifs is 1. The molecule has 0 radical (unpaired) electrons. The van der Waals surface area contributed by atoms with E-state index in [2.05, 4.69) is 22.2 Å². The van der Waals surface area contributed by atoms with Crippen LogP contribution in [-0.2, 0) is 0 Å². The second-order valence-electron chi connectivity index (χ2n) is 4.95. The fourth-order valence-electron chi connectivity index (χ4n) is 2.30. The van der Waals surface area contributed by atoms with Gasteiger partial charge in [0.2, 0.25) is 5.95 Å². The van der Waals surface area contributed by atoms with E-state index in [0.717, 1.165) is 30.2 Å². The molecular weight excluding hydrogens is 268 g/mol. The zero-order chi connectivity index (χ0) is 15.2. The predicted molar refractivity (Wildman–Crippen MR) is 84.5 cm³/mol. The van der Waals surface area contributed by atoms with E-state index in [-0.39, 0.29) is 18.6 Å². The van der Waals surface area contributed by atoms with Gasteiger partial charge in [0.15, 0.2) is 0 Å². The van der Waals surface area contributed by atoms with Crippen LogP contribution >= 0.6 is 0 Å². The second kappa shape index (κ2) is 7.08. The van der Waals surface area contributed by atoms with Crippen molar-refractivity contribution in [2.75, 3.05) is 24.8 Å². The number of rotatable bonds is 7. The molecular formula is C15H22N4O2. The summed E-state index contributed by atoms with van der Waals surface area (Å²) in [6.07, 6.45) is 2.98. The van der Waals surface area contributed by atoms with E-state index in [1.165, 1.54) is 0 Å². The third kappa shape index (κ3) is 3.52. The molecule has 0 fully saturated rings. The molecule has 4 N–H and O–H groups in total. The van der Waals surface area contributed by atoms with Gasteiger partial charge < -0.3 is 20.9 Å². The van der Waals surface area contributed by atoms with E-state index in [1.54, 1.807) is 7.11 Å². The van der Waals surface area contributed by atoms with E-state index < -0.39 is 0 Å². The van der Waals surface area contributed by atoms with Gasteiger partial charge in [0, 0.05) is 0 Å². The van der Waals surface area contributed by atoms with Crippen LogP contribution < -0.4 is 15.8 Å². The Kier molecular flexibility index (Phi) is 5.16. The summed E-state index contributed by atoms with van der Waals surface area (Å²) in [5.74, 6) is 1.48. The topological polar surface area (TPSA) is 93.3 Å². The van der Waals surface area contributed by atoms with Crippen molar-refractivity contribution in [1.82, 2.24) is 9.97 Å². The van der Waals surface area contributed by atoms with Gasteiger partial charge in [0.05, 0.1) is 30.7 Å². The van der Waals surface area contributed by atoms with Gasteiger partial charge in [-0.05, 0) is 18.6 Å². The lowest BCUT2D eigenvalue weighted by molar-refractivity contribution is 0.267. The maximum Gasteiger partial charge on any atom is 0.222 e. The summed E-state index contributed by atoms with van der Waals surface area (Å²) >= 11 is 0. The molecule has 0 amide bonds. The number of unbranched alkanes of at least 4 members (excludes halogenated alkanes) is 1. The molecule has 0 saturated heterocycles. The van der Waals surface area contributed by atoms with Gasteiger partial charge in [-0.1, -0.05) is 25.8 Å². The van der Waals surface area contributed by atoms with Crippen LogP contribution in [0.2, 0.25) is 0 Å². The highest BCUT2D eigenvalue weighted by Crippen LogP contribution is 2.31.